The van der Waals surface area contributed by atoms with Crippen LogP contribution in [0.1, 0.15) is 24.4 Å². The van der Waals surface area contributed by atoms with Crippen molar-refractivity contribution in [3.05, 3.63) is 70.9 Å². The molecule has 6 heteroatoms. The van der Waals surface area contributed by atoms with Crippen molar-refractivity contribution in [3.8, 4) is 0 Å². The van der Waals surface area contributed by atoms with Crippen LogP contribution in [0.25, 0.3) is 17.1 Å². The number of fused-ring (bicyclic) bond motifs is 1. The molecular formula is C20H17N3OS2. The van der Waals surface area contributed by atoms with Crippen LogP contribution in [0.5, 0.6) is 0 Å². The number of aryl methyl sites for hydroxylation is 1. The van der Waals surface area contributed by atoms with Crippen molar-refractivity contribution in [2.45, 2.75) is 13.0 Å². The smallest absolute Gasteiger partial charge is 0.266 e. The van der Waals surface area contributed by atoms with Crippen molar-refractivity contribution in [2.24, 2.45) is 7.05 Å². The Balaban J connectivity index is 1.68. The highest BCUT2D eigenvalue weighted by Gasteiger charge is 2.36. The maximum absolute atomic E-state index is 13.0. The number of carbonyl (C=O) groups is 1. The van der Waals surface area contributed by atoms with Gasteiger partial charge in [0.25, 0.3) is 5.91 Å². The number of benzene rings is 2. The summed E-state index contributed by atoms with van der Waals surface area (Å²) >= 11 is 6.82. The molecule has 0 bridgehead atoms. The van der Waals surface area contributed by atoms with Crippen LogP contribution in [0.15, 0.2) is 59.5 Å². The number of thiocarbonyl (C=S) groups is 1. The van der Waals surface area contributed by atoms with Gasteiger partial charge in [-0.3, -0.25) is 9.69 Å². The molecule has 2 aromatic carbocycles. The van der Waals surface area contributed by atoms with Gasteiger partial charge in [0.1, 0.15) is 10.1 Å². The van der Waals surface area contributed by atoms with Gasteiger partial charge in [0.05, 0.1) is 22.0 Å². The molecule has 1 fully saturated rings. The second-order valence-electron chi connectivity index (χ2n) is 6.16. The number of aromatic nitrogens is 2. The molecule has 0 aliphatic carbocycles. The molecule has 3 aromatic rings. The number of thioether (sulfide) groups is 1. The Morgan fingerprint density at radius 3 is 2.54 bits per heavy atom. The zero-order valence-corrected chi connectivity index (χ0v) is 16.1. The van der Waals surface area contributed by atoms with Gasteiger partial charge in [-0.1, -0.05) is 66.4 Å². The number of nitrogens with zero attached hydrogens (tertiary/aromatic N) is 3. The summed E-state index contributed by atoms with van der Waals surface area (Å²) in [7, 11) is 1.95. The maximum Gasteiger partial charge on any atom is 0.266 e. The summed E-state index contributed by atoms with van der Waals surface area (Å²) in [6.07, 6.45) is 1.83. The highest BCUT2D eigenvalue weighted by Crippen LogP contribution is 2.38. The number of rotatable bonds is 3. The van der Waals surface area contributed by atoms with Crippen LogP contribution in [0.2, 0.25) is 0 Å². The molecule has 1 aromatic heterocycles. The summed E-state index contributed by atoms with van der Waals surface area (Å²) in [6, 6.07) is 17.8. The first kappa shape index (κ1) is 17.0. The Morgan fingerprint density at radius 2 is 1.81 bits per heavy atom. The standard InChI is InChI=1S/C20H17N3OS2/c1-13(14-8-4-3-5-9-14)23-19(24)17(26-20(23)25)12-18-21-15-10-6-7-11-16(15)22(18)2/h3-13H,1-2H3/b17-12+/t13-/m0/s1. The van der Waals surface area contributed by atoms with Crippen LogP contribution >= 0.6 is 24.0 Å². The van der Waals surface area contributed by atoms with Crippen molar-refractivity contribution >= 4 is 51.3 Å². The molecule has 0 saturated carbocycles. The molecule has 26 heavy (non-hydrogen) atoms. The van der Waals surface area contributed by atoms with Gasteiger partial charge in [-0.15, -0.1) is 0 Å². The van der Waals surface area contributed by atoms with E-state index in [-0.39, 0.29) is 11.9 Å². The average molecular weight is 380 g/mol. The van der Waals surface area contributed by atoms with E-state index in [1.165, 1.54) is 11.8 Å². The molecular weight excluding hydrogens is 362 g/mol. The number of imidazole rings is 1. The lowest BCUT2D eigenvalue weighted by Gasteiger charge is -2.23. The van der Waals surface area contributed by atoms with Crippen LogP contribution in [-0.4, -0.2) is 24.7 Å². The van der Waals surface area contributed by atoms with E-state index in [4.69, 9.17) is 12.2 Å². The third-order valence-corrected chi connectivity index (χ3v) is 5.91. The molecule has 0 N–H and O–H groups in total. The zero-order chi connectivity index (χ0) is 18.3. The van der Waals surface area contributed by atoms with E-state index in [2.05, 4.69) is 4.98 Å². The minimum absolute atomic E-state index is 0.0663. The van der Waals surface area contributed by atoms with Crippen molar-refractivity contribution < 1.29 is 4.79 Å². The van der Waals surface area contributed by atoms with Crippen LogP contribution in [0.3, 0.4) is 0 Å². The number of para-hydroxylation sites is 2. The quantitative estimate of drug-likeness (QED) is 0.495. The van der Waals surface area contributed by atoms with Crippen molar-refractivity contribution in [2.75, 3.05) is 0 Å². The van der Waals surface area contributed by atoms with Crippen molar-refractivity contribution in [3.63, 3.8) is 0 Å². The SMILES string of the molecule is C[C@@H](c1ccccc1)N1C(=O)/C(=C\c2nc3ccccc3n2C)SC1=S. The summed E-state index contributed by atoms with van der Waals surface area (Å²) < 4.78 is 2.57. The second-order valence-corrected chi connectivity index (χ2v) is 7.83. The minimum Gasteiger partial charge on any atom is -0.328 e. The highest BCUT2D eigenvalue weighted by atomic mass is 32.2. The van der Waals surface area contributed by atoms with Crippen LogP contribution in [0.4, 0.5) is 0 Å². The third-order valence-electron chi connectivity index (χ3n) is 4.57. The first-order chi connectivity index (χ1) is 12.6. The Labute approximate surface area is 161 Å². The molecule has 130 valence electrons. The normalized spacial score (nSPS) is 17.5. The lowest BCUT2D eigenvalue weighted by Crippen LogP contribution is -2.31. The lowest BCUT2D eigenvalue weighted by molar-refractivity contribution is -0.123. The highest BCUT2D eigenvalue weighted by molar-refractivity contribution is 8.26. The topological polar surface area (TPSA) is 38.1 Å². The van der Waals surface area contributed by atoms with Crippen molar-refractivity contribution in [1.82, 2.24) is 14.5 Å². The van der Waals surface area contributed by atoms with Gasteiger partial charge >= 0.3 is 0 Å². The fraction of sp³-hybridized carbons (Fsp3) is 0.150. The predicted octanol–water partition coefficient (Wildman–Crippen LogP) is 4.54. The Morgan fingerprint density at radius 1 is 1.12 bits per heavy atom. The monoisotopic (exact) mass is 379 g/mol. The fourth-order valence-electron chi connectivity index (χ4n) is 3.10. The maximum atomic E-state index is 13.0. The van der Waals surface area contributed by atoms with E-state index >= 15 is 0 Å². The van der Waals surface area contributed by atoms with Gasteiger partial charge in [0.15, 0.2) is 0 Å². The van der Waals surface area contributed by atoms with E-state index in [0.29, 0.717) is 9.23 Å². The van der Waals surface area contributed by atoms with Gasteiger partial charge in [-0.25, -0.2) is 4.98 Å². The average Bonchev–Trinajstić information content (AvgIpc) is 3.12. The van der Waals surface area contributed by atoms with E-state index in [9.17, 15) is 4.79 Å². The van der Waals surface area contributed by atoms with Gasteiger partial charge in [-0.05, 0) is 24.6 Å². The molecule has 1 aliphatic rings. The van der Waals surface area contributed by atoms with Gasteiger partial charge in [-0.2, -0.15) is 0 Å². The zero-order valence-electron chi connectivity index (χ0n) is 14.4. The molecule has 1 aliphatic heterocycles. The van der Waals surface area contributed by atoms with Crippen LogP contribution in [-0.2, 0) is 11.8 Å². The predicted molar refractivity (Wildman–Crippen MR) is 111 cm³/mol. The summed E-state index contributed by atoms with van der Waals surface area (Å²) in [5, 5.41) is 0. The van der Waals surface area contributed by atoms with Crippen LogP contribution < -0.4 is 0 Å². The van der Waals surface area contributed by atoms with E-state index < -0.39 is 0 Å². The number of hydrogen-bond donors (Lipinski definition) is 0. The molecule has 0 radical (unpaired) electrons. The molecule has 1 saturated heterocycles. The third kappa shape index (κ3) is 2.85. The van der Waals surface area contributed by atoms with E-state index in [1.807, 2.05) is 79.2 Å². The summed E-state index contributed by atoms with van der Waals surface area (Å²) in [6.45, 7) is 2.00. The van der Waals surface area contributed by atoms with E-state index in [1.54, 1.807) is 4.90 Å². The van der Waals surface area contributed by atoms with Gasteiger partial charge in [0, 0.05) is 13.1 Å². The van der Waals surface area contributed by atoms with E-state index in [0.717, 1.165) is 22.4 Å². The lowest BCUT2D eigenvalue weighted by atomic mass is 10.1. The Kier molecular flexibility index (Phi) is 4.38. The largest absolute Gasteiger partial charge is 0.328 e. The summed E-state index contributed by atoms with van der Waals surface area (Å²) in [5.41, 5.74) is 3.01. The number of hydrogen-bond acceptors (Lipinski definition) is 4. The molecule has 1 amide bonds. The molecule has 2 heterocycles. The molecule has 0 spiro atoms. The first-order valence-corrected chi connectivity index (χ1v) is 9.52. The summed E-state index contributed by atoms with van der Waals surface area (Å²) in [4.78, 5) is 19.9. The molecule has 0 unspecified atom stereocenters. The molecule has 4 rings (SSSR count). The minimum atomic E-state index is -0.102. The molecule has 1 atom stereocenters. The Hall–Kier alpha value is -2.44. The van der Waals surface area contributed by atoms with Gasteiger partial charge in [0.2, 0.25) is 0 Å². The molecule has 4 nitrogen and oxygen atoms in total. The van der Waals surface area contributed by atoms with Crippen molar-refractivity contribution in [1.29, 1.82) is 0 Å². The van der Waals surface area contributed by atoms with Gasteiger partial charge < -0.3 is 4.57 Å². The van der Waals surface area contributed by atoms with Crippen LogP contribution in [0, 0.1) is 0 Å². The second kappa shape index (κ2) is 6.70. The first-order valence-electron chi connectivity index (χ1n) is 8.29. The number of amides is 1. The summed E-state index contributed by atoms with van der Waals surface area (Å²) in [5.74, 6) is 0.683. The Bertz CT molecular complexity index is 1040. The fourth-order valence-corrected chi connectivity index (χ4v) is 4.49. The number of carbonyl (C=O) groups excluding carboxylic acids is 1.